The summed E-state index contributed by atoms with van der Waals surface area (Å²) in [6.45, 7) is 1.69. The van der Waals surface area contributed by atoms with E-state index < -0.39 is 10.0 Å². The highest BCUT2D eigenvalue weighted by atomic mass is 79.9. The van der Waals surface area contributed by atoms with Crippen LogP contribution in [0.2, 0.25) is 0 Å². The van der Waals surface area contributed by atoms with Gasteiger partial charge in [-0.05, 0) is 40.5 Å². The Kier molecular flexibility index (Phi) is 5.46. The van der Waals surface area contributed by atoms with Gasteiger partial charge in [0.05, 0.1) is 18.9 Å². The van der Waals surface area contributed by atoms with Crippen molar-refractivity contribution in [2.24, 2.45) is 0 Å². The van der Waals surface area contributed by atoms with E-state index in [1.165, 1.54) is 10.6 Å². The van der Waals surface area contributed by atoms with Crippen molar-refractivity contribution in [2.45, 2.75) is 6.42 Å². The summed E-state index contributed by atoms with van der Waals surface area (Å²) in [6, 6.07) is 5.23. The highest BCUT2D eigenvalue weighted by Gasteiger charge is 2.25. The highest BCUT2D eigenvalue weighted by molar-refractivity contribution is 9.10. The van der Waals surface area contributed by atoms with Crippen molar-refractivity contribution in [1.82, 2.24) is 9.21 Å². The van der Waals surface area contributed by atoms with Gasteiger partial charge in [0.25, 0.3) is 5.91 Å². The van der Waals surface area contributed by atoms with Gasteiger partial charge in [0.15, 0.2) is 0 Å². The maximum Gasteiger partial charge on any atom is 0.255 e. The van der Waals surface area contributed by atoms with Crippen LogP contribution < -0.4 is 4.74 Å². The van der Waals surface area contributed by atoms with Crippen molar-refractivity contribution in [2.75, 3.05) is 39.5 Å². The van der Waals surface area contributed by atoms with Crippen LogP contribution in [0.4, 0.5) is 0 Å². The van der Waals surface area contributed by atoms with Gasteiger partial charge in [0, 0.05) is 30.7 Å². The molecular weight excluding hydrogens is 372 g/mol. The lowest BCUT2D eigenvalue weighted by Gasteiger charge is -2.22. The standard InChI is InChI=1S/C14H19BrN2O4S/c1-21-11-4-5-13(15)12(10-11)14(18)16-6-3-7-17(9-8-16)22(2,19)20/h4-5,10H,3,6-9H2,1-2H3. The lowest BCUT2D eigenvalue weighted by atomic mass is 10.2. The van der Waals surface area contributed by atoms with Crippen LogP contribution in [0, 0.1) is 0 Å². The second-order valence-electron chi connectivity index (χ2n) is 5.15. The van der Waals surface area contributed by atoms with E-state index >= 15 is 0 Å². The smallest absolute Gasteiger partial charge is 0.255 e. The number of amides is 1. The summed E-state index contributed by atoms with van der Waals surface area (Å²) >= 11 is 3.38. The zero-order valence-corrected chi connectivity index (χ0v) is 15.0. The van der Waals surface area contributed by atoms with E-state index in [4.69, 9.17) is 4.74 Å². The quantitative estimate of drug-likeness (QED) is 0.785. The fraction of sp³-hybridized carbons (Fsp3) is 0.500. The average molecular weight is 391 g/mol. The topological polar surface area (TPSA) is 66.9 Å². The minimum absolute atomic E-state index is 0.124. The normalized spacial score (nSPS) is 17.1. The van der Waals surface area contributed by atoms with Crippen LogP contribution >= 0.6 is 15.9 Å². The first-order valence-electron chi connectivity index (χ1n) is 6.91. The summed E-state index contributed by atoms with van der Waals surface area (Å²) in [5.74, 6) is 0.486. The Hall–Kier alpha value is -1.12. The molecule has 8 heteroatoms. The summed E-state index contributed by atoms with van der Waals surface area (Å²) in [5, 5.41) is 0. The first-order valence-corrected chi connectivity index (χ1v) is 9.55. The molecule has 1 fully saturated rings. The molecule has 1 saturated heterocycles. The van der Waals surface area contributed by atoms with Crippen molar-refractivity contribution in [3.8, 4) is 5.75 Å². The van der Waals surface area contributed by atoms with Gasteiger partial charge >= 0.3 is 0 Å². The van der Waals surface area contributed by atoms with Crippen LogP contribution in [0.25, 0.3) is 0 Å². The van der Waals surface area contributed by atoms with Gasteiger partial charge in [0.2, 0.25) is 10.0 Å². The molecule has 22 heavy (non-hydrogen) atoms. The summed E-state index contributed by atoms with van der Waals surface area (Å²) in [4.78, 5) is 14.4. The molecule has 0 bridgehead atoms. The molecule has 1 aromatic carbocycles. The Labute approximate surface area is 139 Å². The van der Waals surface area contributed by atoms with Gasteiger partial charge in [-0.15, -0.1) is 0 Å². The predicted molar refractivity (Wildman–Crippen MR) is 87.6 cm³/mol. The van der Waals surface area contributed by atoms with Crippen LogP contribution in [0.1, 0.15) is 16.8 Å². The SMILES string of the molecule is COc1ccc(Br)c(C(=O)N2CCCN(S(C)(=O)=O)CC2)c1. The molecule has 122 valence electrons. The van der Waals surface area contributed by atoms with Crippen molar-refractivity contribution in [1.29, 1.82) is 0 Å². The van der Waals surface area contributed by atoms with E-state index in [1.54, 1.807) is 30.2 Å². The molecule has 2 rings (SSSR count). The van der Waals surface area contributed by atoms with Crippen LogP contribution in [0.5, 0.6) is 5.75 Å². The van der Waals surface area contributed by atoms with Crippen LogP contribution in [0.15, 0.2) is 22.7 Å². The number of hydrogen-bond acceptors (Lipinski definition) is 4. The summed E-state index contributed by atoms with van der Waals surface area (Å²) in [6.07, 6.45) is 1.82. The molecule has 1 aromatic rings. The van der Waals surface area contributed by atoms with Crippen LogP contribution in [-0.4, -0.2) is 63.1 Å². The number of sulfonamides is 1. The van der Waals surface area contributed by atoms with E-state index in [9.17, 15) is 13.2 Å². The Bertz CT molecular complexity index is 663. The van der Waals surface area contributed by atoms with Gasteiger partial charge in [-0.1, -0.05) is 0 Å². The Balaban J connectivity index is 2.17. The van der Waals surface area contributed by atoms with Crippen LogP contribution in [-0.2, 0) is 10.0 Å². The van der Waals surface area contributed by atoms with Crippen molar-refractivity contribution < 1.29 is 17.9 Å². The first kappa shape index (κ1) is 17.2. The molecule has 1 aliphatic rings. The molecule has 0 spiro atoms. The number of carbonyl (C=O) groups excluding carboxylic acids is 1. The monoisotopic (exact) mass is 390 g/mol. The maximum absolute atomic E-state index is 12.7. The number of hydrogen-bond donors (Lipinski definition) is 0. The Morgan fingerprint density at radius 1 is 1.23 bits per heavy atom. The van der Waals surface area contributed by atoms with Gasteiger partial charge in [0.1, 0.15) is 5.75 Å². The molecule has 0 N–H and O–H groups in total. The lowest BCUT2D eigenvalue weighted by Crippen LogP contribution is -2.37. The van der Waals surface area contributed by atoms with Crippen molar-refractivity contribution in [3.63, 3.8) is 0 Å². The maximum atomic E-state index is 12.7. The predicted octanol–water partition coefficient (Wildman–Crippen LogP) is 1.57. The summed E-state index contributed by atoms with van der Waals surface area (Å²) in [5.41, 5.74) is 0.521. The molecule has 0 atom stereocenters. The molecule has 1 amide bonds. The fourth-order valence-corrected chi connectivity index (χ4v) is 3.68. The van der Waals surface area contributed by atoms with Gasteiger partial charge in [-0.25, -0.2) is 12.7 Å². The molecule has 0 aliphatic carbocycles. The Morgan fingerprint density at radius 2 is 1.95 bits per heavy atom. The molecule has 0 saturated carbocycles. The minimum Gasteiger partial charge on any atom is -0.497 e. The zero-order chi connectivity index (χ0) is 16.3. The molecular formula is C14H19BrN2O4S. The summed E-state index contributed by atoms with van der Waals surface area (Å²) in [7, 11) is -1.67. The zero-order valence-electron chi connectivity index (χ0n) is 12.6. The number of methoxy groups -OCH3 is 1. The lowest BCUT2D eigenvalue weighted by molar-refractivity contribution is 0.0763. The number of nitrogens with zero attached hydrogens (tertiary/aromatic N) is 2. The second kappa shape index (κ2) is 6.97. The molecule has 6 nitrogen and oxygen atoms in total. The van der Waals surface area contributed by atoms with Crippen molar-refractivity contribution >= 4 is 31.9 Å². The molecule has 0 unspecified atom stereocenters. The minimum atomic E-state index is -3.22. The van der Waals surface area contributed by atoms with Gasteiger partial charge in [-0.3, -0.25) is 4.79 Å². The average Bonchev–Trinajstić information content (AvgIpc) is 2.72. The summed E-state index contributed by atoms with van der Waals surface area (Å²) < 4.78 is 30.5. The van der Waals surface area contributed by atoms with Gasteiger partial charge < -0.3 is 9.64 Å². The van der Waals surface area contributed by atoms with Gasteiger partial charge in [-0.2, -0.15) is 0 Å². The third-order valence-electron chi connectivity index (χ3n) is 3.62. The number of rotatable bonds is 3. The third-order valence-corrected chi connectivity index (χ3v) is 5.61. The first-order chi connectivity index (χ1) is 10.3. The largest absolute Gasteiger partial charge is 0.497 e. The molecule has 0 aromatic heterocycles. The Morgan fingerprint density at radius 3 is 2.59 bits per heavy atom. The van der Waals surface area contributed by atoms with E-state index in [-0.39, 0.29) is 5.91 Å². The molecule has 1 heterocycles. The molecule has 0 radical (unpaired) electrons. The van der Waals surface area contributed by atoms with E-state index in [0.29, 0.717) is 48.4 Å². The number of ether oxygens (including phenoxy) is 1. The van der Waals surface area contributed by atoms with Crippen molar-refractivity contribution in [3.05, 3.63) is 28.2 Å². The number of benzene rings is 1. The number of halogens is 1. The third kappa shape index (κ3) is 3.99. The van der Waals surface area contributed by atoms with Crippen LogP contribution in [0.3, 0.4) is 0 Å². The highest BCUT2D eigenvalue weighted by Crippen LogP contribution is 2.24. The van der Waals surface area contributed by atoms with E-state index in [0.717, 1.165) is 0 Å². The second-order valence-corrected chi connectivity index (χ2v) is 7.99. The van der Waals surface area contributed by atoms with E-state index in [1.807, 2.05) is 0 Å². The number of carbonyl (C=O) groups is 1. The van der Waals surface area contributed by atoms with E-state index in [2.05, 4.69) is 15.9 Å². The fourth-order valence-electron chi connectivity index (χ4n) is 2.39. The molecule has 1 aliphatic heterocycles.